The van der Waals surface area contributed by atoms with Crippen LogP contribution in [0, 0.1) is 6.92 Å². The van der Waals surface area contributed by atoms with Gasteiger partial charge in [-0.2, -0.15) is 11.8 Å². The number of aliphatic imine (C=N–C) groups is 1. The summed E-state index contributed by atoms with van der Waals surface area (Å²) in [5, 5.41) is 6.95. The lowest BCUT2D eigenvalue weighted by Gasteiger charge is -2.20. The molecule has 1 saturated carbocycles. The van der Waals surface area contributed by atoms with E-state index in [1.165, 1.54) is 42.6 Å². The minimum atomic E-state index is 0. The highest BCUT2D eigenvalue weighted by Crippen LogP contribution is 2.48. The third-order valence-electron chi connectivity index (χ3n) is 4.46. The summed E-state index contributed by atoms with van der Waals surface area (Å²) >= 11 is 1.91. The molecule has 1 aliphatic carbocycles. The molecule has 1 fully saturated rings. The Bertz CT molecular complexity index is 501. The molecule has 1 aromatic carbocycles. The van der Waals surface area contributed by atoms with Crippen molar-refractivity contribution in [3.63, 3.8) is 0 Å². The summed E-state index contributed by atoms with van der Waals surface area (Å²) in [6.45, 7) is 4.19. The molecular weight excluding hydrogens is 417 g/mol. The van der Waals surface area contributed by atoms with Crippen LogP contribution in [0.5, 0.6) is 0 Å². The molecule has 0 radical (unpaired) electrons. The maximum atomic E-state index is 4.34. The van der Waals surface area contributed by atoms with Crippen molar-refractivity contribution in [2.45, 2.75) is 38.0 Å². The van der Waals surface area contributed by atoms with Gasteiger partial charge in [-0.15, -0.1) is 24.0 Å². The van der Waals surface area contributed by atoms with Crippen molar-refractivity contribution < 1.29 is 0 Å². The average molecular weight is 447 g/mol. The molecule has 0 heterocycles. The number of hydrogen-bond donors (Lipinski definition) is 2. The van der Waals surface area contributed by atoms with Gasteiger partial charge >= 0.3 is 0 Å². The zero-order chi connectivity index (χ0) is 15.8. The SMILES string of the molecule is CN=C(NCCCCSC)NCC1(c2ccccc2C)CC1.I. The lowest BCUT2D eigenvalue weighted by atomic mass is 9.92. The summed E-state index contributed by atoms with van der Waals surface area (Å²) in [4.78, 5) is 4.34. The molecule has 2 rings (SSSR count). The van der Waals surface area contributed by atoms with Gasteiger partial charge in [-0.3, -0.25) is 4.99 Å². The minimum absolute atomic E-state index is 0. The molecule has 2 N–H and O–H groups in total. The van der Waals surface area contributed by atoms with E-state index >= 15 is 0 Å². The summed E-state index contributed by atoms with van der Waals surface area (Å²) < 4.78 is 0. The van der Waals surface area contributed by atoms with Crippen LogP contribution in [-0.4, -0.2) is 38.1 Å². The predicted molar refractivity (Wildman–Crippen MR) is 114 cm³/mol. The molecule has 0 spiro atoms. The van der Waals surface area contributed by atoms with Gasteiger partial charge in [0.15, 0.2) is 5.96 Å². The van der Waals surface area contributed by atoms with E-state index < -0.39 is 0 Å². The summed E-state index contributed by atoms with van der Waals surface area (Å²) in [6, 6.07) is 8.77. The maximum Gasteiger partial charge on any atom is 0.191 e. The molecule has 0 bridgehead atoms. The first-order valence-electron chi connectivity index (χ1n) is 8.21. The van der Waals surface area contributed by atoms with E-state index in [4.69, 9.17) is 0 Å². The van der Waals surface area contributed by atoms with E-state index in [1.807, 2.05) is 18.8 Å². The van der Waals surface area contributed by atoms with Gasteiger partial charge in [-0.1, -0.05) is 24.3 Å². The second-order valence-electron chi connectivity index (χ2n) is 6.15. The molecule has 0 atom stereocenters. The Balaban J connectivity index is 0.00000264. The normalized spacial score (nSPS) is 15.7. The van der Waals surface area contributed by atoms with Crippen LogP contribution >= 0.6 is 35.7 Å². The van der Waals surface area contributed by atoms with Gasteiger partial charge in [0.25, 0.3) is 0 Å². The molecule has 5 heteroatoms. The van der Waals surface area contributed by atoms with Gasteiger partial charge in [-0.05, 0) is 55.7 Å². The second kappa shape index (κ2) is 10.4. The quantitative estimate of drug-likeness (QED) is 0.274. The summed E-state index contributed by atoms with van der Waals surface area (Å²) in [6.07, 6.45) is 7.17. The number of halogens is 1. The highest BCUT2D eigenvalue weighted by atomic mass is 127. The Labute approximate surface area is 162 Å². The maximum absolute atomic E-state index is 4.34. The van der Waals surface area contributed by atoms with E-state index in [2.05, 4.69) is 53.1 Å². The molecule has 23 heavy (non-hydrogen) atoms. The highest BCUT2D eigenvalue weighted by molar-refractivity contribution is 14.0. The van der Waals surface area contributed by atoms with Gasteiger partial charge in [-0.25, -0.2) is 0 Å². The number of benzene rings is 1. The van der Waals surface area contributed by atoms with Gasteiger partial charge in [0, 0.05) is 25.6 Å². The molecule has 0 aliphatic heterocycles. The summed E-state index contributed by atoms with van der Waals surface area (Å²) in [5.41, 5.74) is 3.22. The van der Waals surface area contributed by atoms with Crippen molar-refractivity contribution >= 4 is 41.7 Å². The number of guanidine groups is 1. The summed E-state index contributed by atoms with van der Waals surface area (Å²) in [7, 11) is 1.85. The van der Waals surface area contributed by atoms with Gasteiger partial charge < -0.3 is 10.6 Å². The number of nitrogens with one attached hydrogen (secondary N) is 2. The molecule has 0 saturated heterocycles. The van der Waals surface area contributed by atoms with Crippen LogP contribution in [0.2, 0.25) is 0 Å². The smallest absolute Gasteiger partial charge is 0.191 e. The Morgan fingerprint density at radius 1 is 1.22 bits per heavy atom. The van der Waals surface area contributed by atoms with Crippen LogP contribution in [-0.2, 0) is 5.41 Å². The fourth-order valence-electron chi connectivity index (χ4n) is 2.91. The number of unbranched alkanes of at least 4 members (excludes halogenated alkanes) is 1. The van der Waals surface area contributed by atoms with Crippen molar-refractivity contribution in [1.29, 1.82) is 0 Å². The zero-order valence-electron chi connectivity index (χ0n) is 14.5. The van der Waals surface area contributed by atoms with Crippen molar-refractivity contribution in [2.24, 2.45) is 4.99 Å². The van der Waals surface area contributed by atoms with Crippen LogP contribution < -0.4 is 10.6 Å². The van der Waals surface area contributed by atoms with E-state index in [0.717, 1.165) is 19.0 Å². The molecule has 3 nitrogen and oxygen atoms in total. The lowest BCUT2D eigenvalue weighted by Crippen LogP contribution is -2.41. The van der Waals surface area contributed by atoms with Gasteiger partial charge in [0.2, 0.25) is 0 Å². The van der Waals surface area contributed by atoms with Crippen molar-refractivity contribution in [3.05, 3.63) is 35.4 Å². The largest absolute Gasteiger partial charge is 0.356 e. The standard InChI is InChI=1S/C18H29N3S.HI/c1-15-8-4-5-9-16(15)18(10-11-18)14-21-17(19-2)20-12-6-7-13-22-3;/h4-5,8-9H,6-7,10-14H2,1-3H3,(H2,19,20,21);1H. The topological polar surface area (TPSA) is 36.4 Å². The number of nitrogens with zero attached hydrogens (tertiary/aromatic N) is 1. The van der Waals surface area contributed by atoms with E-state index in [9.17, 15) is 0 Å². The van der Waals surface area contributed by atoms with Crippen molar-refractivity contribution in [1.82, 2.24) is 10.6 Å². The number of hydrogen-bond acceptors (Lipinski definition) is 2. The molecule has 130 valence electrons. The van der Waals surface area contributed by atoms with E-state index in [1.54, 1.807) is 0 Å². The average Bonchev–Trinajstić information content (AvgIpc) is 3.31. The molecule has 1 aromatic rings. The number of thioether (sulfide) groups is 1. The predicted octanol–water partition coefficient (Wildman–Crippen LogP) is 3.95. The van der Waals surface area contributed by atoms with Crippen molar-refractivity contribution in [2.75, 3.05) is 32.1 Å². The Kier molecular flexibility index (Phi) is 9.36. The van der Waals surface area contributed by atoms with Crippen LogP contribution in [0.25, 0.3) is 0 Å². The highest BCUT2D eigenvalue weighted by Gasteiger charge is 2.44. The fourth-order valence-corrected chi connectivity index (χ4v) is 3.40. The van der Waals surface area contributed by atoms with Crippen molar-refractivity contribution in [3.8, 4) is 0 Å². The molecule has 0 amide bonds. The first-order valence-corrected chi connectivity index (χ1v) is 9.61. The fraction of sp³-hybridized carbons (Fsp3) is 0.611. The minimum Gasteiger partial charge on any atom is -0.356 e. The van der Waals surface area contributed by atoms with Gasteiger partial charge in [0.05, 0.1) is 0 Å². The Morgan fingerprint density at radius 3 is 2.57 bits per heavy atom. The van der Waals surface area contributed by atoms with E-state index in [-0.39, 0.29) is 24.0 Å². The van der Waals surface area contributed by atoms with E-state index in [0.29, 0.717) is 5.41 Å². The zero-order valence-corrected chi connectivity index (χ0v) is 17.7. The first-order chi connectivity index (χ1) is 10.7. The Morgan fingerprint density at radius 2 is 1.96 bits per heavy atom. The summed E-state index contributed by atoms with van der Waals surface area (Å²) in [5.74, 6) is 2.17. The molecule has 0 aromatic heterocycles. The second-order valence-corrected chi connectivity index (χ2v) is 7.13. The first kappa shape index (κ1) is 20.6. The molecular formula is C18H30IN3S. The lowest BCUT2D eigenvalue weighted by molar-refractivity contribution is 0.638. The third kappa shape index (κ3) is 6.18. The van der Waals surface area contributed by atoms with Crippen LogP contribution in [0.15, 0.2) is 29.3 Å². The monoisotopic (exact) mass is 447 g/mol. The molecule has 0 unspecified atom stereocenters. The van der Waals surface area contributed by atoms with Crippen LogP contribution in [0.3, 0.4) is 0 Å². The van der Waals surface area contributed by atoms with Gasteiger partial charge in [0.1, 0.15) is 0 Å². The van der Waals surface area contributed by atoms with Crippen LogP contribution in [0.4, 0.5) is 0 Å². The molecule has 1 aliphatic rings. The van der Waals surface area contributed by atoms with Crippen LogP contribution in [0.1, 0.15) is 36.8 Å². The number of aryl methyl sites for hydroxylation is 1. The Hall–Kier alpha value is -0.430. The number of rotatable bonds is 8. The third-order valence-corrected chi connectivity index (χ3v) is 5.15.